The minimum Gasteiger partial charge on any atom is -0.326 e. The molecular formula is C21H19FN2O2S2. The van der Waals surface area contributed by atoms with Crippen LogP contribution in [0.3, 0.4) is 0 Å². The van der Waals surface area contributed by atoms with E-state index in [1.807, 2.05) is 37.3 Å². The van der Waals surface area contributed by atoms with Crippen LogP contribution in [0.5, 0.6) is 0 Å². The summed E-state index contributed by atoms with van der Waals surface area (Å²) < 4.78 is 13.6. The summed E-state index contributed by atoms with van der Waals surface area (Å²) in [6, 6.07) is 13.6. The average Bonchev–Trinajstić information content (AvgIpc) is 2.91. The quantitative estimate of drug-likeness (QED) is 0.547. The highest BCUT2D eigenvalue weighted by molar-refractivity contribution is 8.26. The zero-order valence-electron chi connectivity index (χ0n) is 15.3. The van der Waals surface area contributed by atoms with Gasteiger partial charge in [0.15, 0.2) is 0 Å². The Morgan fingerprint density at radius 2 is 2.00 bits per heavy atom. The highest BCUT2D eigenvalue weighted by Gasteiger charge is 2.31. The number of halogens is 1. The van der Waals surface area contributed by atoms with Crippen molar-refractivity contribution >= 4 is 51.9 Å². The molecule has 2 aromatic rings. The van der Waals surface area contributed by atoms with E-state index in [0.717, 1.165) is 11.1 Å². The predicted octanol–water partition coefficient (Wildman–Crippen LogP) is 4.75. The van der Waals surface area contributed by atoms with Crippen molar-refractivity contribution in [2.24, 2.45) is 0 Å². The lowest BCUT2D eigenvalue weighted by molar-refractivity contribution is -0.122. The minimum atomic E-state index is -0.407. The molecule has 1 N–H and O–H groups in total. The number of amides is 2. The van der Waals surface area contributed by atoms with Crippen LogP contribution in [0.2, 0.25) is 0 Å². The Morgan fingerprint density at radius 3 is 2.71 bits per heavy atom. The number of rotatable bonds is 6. The largest absolute Gasteiger partial charge is 0.326 e. The van der Waals surface area contributed by atoms with Crippen LogP contribution in [0.4, 0.5) is 10.1 Å². The maximum Gasteiger partial charge on any atom is 0.266 e. The number of nitrogens with zero attached hydrogens (tertiary/aromatic N) is 1. The van der Waals surface area contributed by atoms with Crippen LogP contribution in [0.1, 0.15) is 24.0 Å². The number of hydrogen-bond acceptors (Lipinski definition) is 4. The van der Waals surface area contributed by atoms with E-state index in [-0.39, 0.29) is 18.2 Å². The van der Waals surface area contributed by atoms with E-state index < -0.39 is 5.82 Å². The Kier molecular flexibility index (Phi) is 6.59. The Bertz CT molecular complexity index is 942. The molecule has 0 saturated carbocycles. The normalized spacial score (nSPS) is 15.4. The number of anilines is 1. The summed E-state index contributed by atoms with van der Waals surface area (Å²) in [4.78, 5) is 26.7. The van der Waals surface area contributed by atoms with Crippen molar-refractivity contribution in [3.63, 3.8) is 0 Å². The molecule has 1 saturated heterocycles. The van der Waals surface area contributed by atoms with Gasteiger partial charge in [-0.1, -0.05) is 59.9 Å². The highest BCUT2D eigenvalue weighted by atomic mass is 32.2. The van der Waals surface area contributed by atoms with E-state index in [4.69, 9.17) is 12.2 Å². The van der Waals surface area contributed by atoms with Gasteiger partial charge in [-0.3, -0.25) is 14.5 Å². The molecule has 1 fully saturated rings. The third-order valence-electron chi connectivity index (χ3n) is 4.14. The van der Waals surface area contributed by atoms with Gasteiger partial charge in [0.25, 0.3) is 5.91 Å². The van der Waals surface area contributed by atoms with Crippen molar-refractivity contribution in [1.29, 1.82) is 0 Å². The first-order valence-electron chi connectivity index (χ1n) is 8.80. The van der Waals surface area contributed by atoms with Crippen LogP contribution in [0, 0.1) is 12.7 Å². The first-order valence-corrected chi connectivity index (χ1v) is 10.0. The molecule has 0 unspecified atom stereocenters. The van der Waals surface area contributed by atoms with Crippen LogP contribution in [-0.4, -0.2) is 27.6 Å². The maximum atomic E-state index is 13.2. The molecule has 28 heavy (non-hydrogen) atoms. The Morgan fingerprint density at radius 1 is 1.25 bits per heavy atom. The van der Waals surface area contributed by atoms with Gasteiger partial charge in [-0.25, -0.2) is 4.39 Å². The molecule has 1 heterocycles. The van der Waals surface area contributed by atoms with Crippen LogP contribution in [0.25, 0.3) is 6.08 Å². The molecule has 4 nitrogen and oxygen atoms in total. The maximum absolute atomic E-state index is 13.2. The SMILES string of the molecule is Cc1ccc(C=C2SC(=S)N(CCCC(=O)Nc3cccc(F)c3)C2=O)cc1. The van der Waals surface area contributed by atoms with Gasteiger partial charge in [0.1, 0.15) is 10.1 Å². The third-order valence-corrected chi connectivity index (χ3v) is 5.52. The predicted molar refractivity (Wildman–Crippen MR) is 115 cm³/mol. The second kappa shape index (κ2) is 9.12. The Labute approximate surface area is 172 Å². The van der Waals surface area contributed by atoms with E-state index in [9.17, 15) is 14.0 Å². The fourth-order valence-electron chi connectivity index (χ4n) is 2.69. The number of thioether (sulfide) groups is 1. The lowest BCUT2D eigenvalue weighted by atomic mass is 10.1. The molecule has 3 rings (SSSR count). The topological polar surface area (TPSA) is 49.4 Å². The highest BCUT2D eigenvalue weighted by Crippen LogP contribution is 2.32. The summed E-state index contributed by atoms with van der Waals surface area (Å²) in [6.45, 7) is 2.38. The molecule has 0 aliphatic carbocycles. The second-order valence-electron chi connectivity index (χ2n) is 6.41. The zero-order valence-corrected chi connectivity index (χ0v) is 16.9. The van der Waals surface area contributed by atoms with E-state index in [0.29, 0.717) is 27.9 Å². The molecule has 2 amide bonds. The van der Waals surface area contributed by atoms with Gasteiger partial charge in [-0.05, 0) is 43.2 Å². The van der Waals surface area contributed by atoms with Gasteiger partial charge in [0.05, 0.1) is 4.91 Å². The zero-order chi connectivity index (χ0) is 20.1. The minimum absolute atomic E-state index is 0.138. The number of nitrogens with one attached hydrogen (secondary N) is 1. The molecule has 1 aliphatic heterocycles. The third kappa shape index (κ3) is 5.27. The van der Waals surface area contributed by atoms with Crippen LogP contribution in [0.15, 0.2) is 53.4 Å². The molecule has 0 aromatic heterocycles. The lowest BCUT2D eigenvalue weighted by Gasteiger charge is -2.14. The molecular weight excluding hydrogens is 395 g/mol. The summed E-state index contributed by atoms with van der Waals surface area (Å²) in [6.07, 6.45) is 2.51. The number of benzene rings is 2. The Balaban J connectivity index is 1.53. The number of hydrogen-bond donors (Lipinski definition) is 1. The van der Waals surface area contributed by atoms with Crippen molar-refractivity contribution in [3.05, 3.63) is 70.4 Å². The van der Waals surface area contributed by atoms with Crippen molar-refractivity contribution in [2.75, 3.05) is 11.9 Å². The Hall–Kier alpha value is -2.51. The molecule has 144 valence electrons. The first-order chi connectivity index (χ1) is 13.4. The molecule has 2 aromatic carbocycles. The summed E-state index contributed by atoms with van der Waals surface area (Å²) in [7, 11) is 0. The van der Waals surface area contributed by atoms with Crippen LogP contribution in [-0.2, 0) is 9.59 Å². The van der Waals surface area contributed by atoms with Crippen molar-refractivity contribution in [2.45, 2.75) is 19.8 Å². The van der Waals surface area contributed by atoms with Gasteiger partial charge in [0.2, 0.25) is 5.91 Å². The molecule has 7 heteroatoms. The van der Waals surface area contributed by atoms with Crippen LogP contribution >= 0.6 is 24.0 Å². The fraction of sp³-hybridized carbons (Fsp3) is 0.190. The van der Waals surface area contributed by atoms with Crippen molar-refractivity contribution in [3.8, 4) is 0 Å². The van der Waals surface area contributed by atoms with Crippen molar-refractivity contribution in [1.82, 2.24) is 4.90 Å². The van der Waals surface area contributed by atoms with Crippen molar-refractivity contribution < 1.29 is 14.0 Å². The lowest BCUT2D eigenvalue weighted by Crippen LogP contribution is -2.29. The van der Waals surface area contributed by atoms with E-state index in [2.05, 4.69) is 5.32 Å². The first kappa shape index (κ1) is 20.2. The smallest absolute Gasteiger partial charge is 0.266 e. The van der Waals surface area contributed by atoms with E-state index in [1.165, 1.54) is 34.9 Å². The molecule has 0 atom stereocenters. The second-order valence-corrected chi connectivity index (χ2v) is 8.08. The monoisotopic (exact) mass is 414 g/mol. The molecule has 0 spiro atoms. The summed E-state index contributed by atoms with van der Waals surface area (Å²) in [5.41, 5.74) is 2.51. The van der Waals surface area contributed by atoms with Gasteiger partial charge >= 0.3 is 0 Å². The summed E-state index contributed by atoms with van der Waals surface area (Å²) in [5, 5.41) is 2.64. The number of aryl methyl sites for hydroxylation is 1. The number of carbonyl (C=O) groups excluding carboxylic acids is 2. The number of carbonyl (C=O) groups is 2. The average molecular weight is 415 g/mol. The molecule has 1 aliphatic rings. The fourth-order valence-corrected chi connectivity index (χ4v) is 4.00. The molecule has 0 bridgehead atoms. The summed E-state index contributed by atoms with van der Waals surface area (Å²) in [5.74, 6) is -0.775. The van der Waals surface area contributed by atoms with Gasteiger partial charge in [-0.2, -0.15) is 0 Å². The van der Waals surface area contributed by atoms with Crippen LogP contribution < -0.4 is 5.32 Å². The standard InChI is InChI=1S/C21H19FN2O2S2/c1-14-7-9-15(10-8-14)12-18-20(26)24(21(27)28-18)11-3-6-19(25)23-17-5-2-4-16(22)13-17/h2,4-5,7-10,12-13H,3,6,11H2,1H3,(H,23,25). The molecule has 0 radical (unpaired) electrons. The number of thiocarbonyl (C=S) groups is 1. The summed E-state index contributed by atoms with van der Waals surface area (Å²) >= 11 is 6.59. The van der Waals surface area contributed by atoms with Gasteiger partial charge in [-0.15, -0.1) is 0 Å². The van der Waals surface area contributed by atoms with Gasteiger partial charge in [0, 0.05) is 18.7 Å². The van der Waals surface area contributed by atoms with Gasteiger partial charge < -0.3 is 5.32 Å². The van der Waals surface area contributed by atoms with E-state index in [1.54, 1.807) is 6.07 Å². The van der Waals surface area contributed by atoms with E-state index >= 15 is 0 Å².